The Hall–Kier alpha value is -1.89. The predicted octanol–water partition coefficient (Wildman–Crippen LogP) is 0.424. The lowest BCUT2D eigenvalue weighted by Crippen LogP contribution is -2.33. The fourth-order valence-corrected chi connectivity index (χ4v) is 1.56. The first-order valence-electron chi connectivity index (χ1n) is 5.37. The Bertz CT molecular complexity index is 439. The maximum atomic E-state index is 11.6. The molecule has 1 amide bonds. The summed E-state index contributed by atoms with van der Waals surface area (Å²) in [6, 6.07) is 2.57. The quantitative estimate of drug-likeness (QED) is 0.511. The van der Waals surface area contributed by atoms with Gasteiger partial charge >= 0.3 is 5.82 Å². The zero-order valence-electron chi connectivity index (χ0n) is 9.05. The van der Waals surface area contributed by atoms with Crippen LogP contribution < -0.4 is 5.32 Å². The van der Waals surface area contributed by atoms with Gasteiger partial charge in [0.1, 0.15) is 0 Å². The molecule has 1 unspecified atom stereocenters. The van der Waals surface area contributed by atoms with E-state index in [0.717, 1.165) is 12.8 Å². The summed E-state index contributed by atoms with van der Waals surface area (Å²) in [5.41, 5.74) is 0.125. The smallest absolute Gasteiger partial charge is 0.321 e. The number of H-pyrrole nitrogens is 1. The topological polar surface area (TPSA) is 108 Å². The van der Waals surface area contributed by atoms with E-state index in [1.807, 2.05) is 0 Å². The molecule has 0 spiro atoms. The second-order valence-corrected chi connectivity index (χ2v) is 4.13. The molecule has 1 aliphatic carbocycles. The SMILES string of the molecule is O=C(NCC(O)C1CC1)c1ccc([N+](=O)[O-])[nH]1. The van der Waals surface area contributed by atoms with E-state index >= 15 is 0 Å². The molecule has 17 heavy (non-hydrogen) atoms. The Labute approximate surface area is 97.0 Å². The van der Waals surface area contributed by atoms with Gasteiger partial charge in [0.25, 0.3) is 5.91 Å². The van der Waals surface area contributed by atoms with Crippen LogP contribution in [0.4, 0.5) is 5.82 Å². The summed E-state index contributed by atoms with van der Waals surface area (Å²) < 4.78 is 0. The van der Waals surface area contributed by atoms with Gasteiger partial charge in [-0.25, -0.2) is 4.98 Å². The molecule has 7 nitrogen and oxygen atoms in total. The molecule has 0 aliphatic heterocycles. The summed E-state index contributed by atoms with van der Waals surface area (Å²) in [4.78, 5) is 23.7. The Kier molecular flexibility index (Phi) is 3.10. The minimum absolute atomic E-state index is 0.125. The van der Waals surface area contributed by atoms with Crippen LogP contribution in [0, 0.1) is 16.0 Å². The number of rotatable bonds is 5. The average molecular weight is 239 g/mol. The molecule has 0 aromatic carbocycles. The Morgan fingerprint density at radius 2 is 2.35 bits per heavy atom. The Morgan fingerprint density at radius 1 is 1.65 bits per heavy atom. The van der Waals surface area contributed by atoms with Crippen LogP contribution in [0.3, 0.4) is 0 Å². The molecule has 7 heteroatoms. The van der Waals surface area contributed by atoms with E-state index in [0.29, 0.717) is 0 Å². The van der Waals surface area contributed by atoms with Crippen molar-refractivity contribution in [3.8, 4) is 0 Å². The number of aliphatic hydroxyl groups excluding tert-OH is 1. The van der Waals surface area contributed by atoms with Crippen molar-refractivity contribution < 1.29 is 14.8 Å². The van der Waals surface area contributed by atoms with Gasteiger partial charge in [-0.2, -0.15) is 0 Å². The highest BCUT2D eigenvalue weighted by Gasteiger charge is 2.30. The normalized spacial score (nSPS) is 16.5. The van der Waals surface area contributed by atoms with Crippen molar-refractivity contribution >= 4 is 11.7 Å². The Balaban J connectivity index is 1.87. The summed E-state index contributed by atoms with van der Waals surface area (Å²) in [5.74, 6) is -0.385. The van der Waals surface area contributed by atoms with Crippen molar-refractivity contribution in [2.75, 3.05) is 6.54 Å². The summed E-state index contributed by atoms with van der Waals surface area (Å²) in [6.45, 7) is 0.177. The lowest BCUT2D eigenvalue weighted by molar-refractivity contribution is -0.389. The number of aromatic amines is 1. The zero-order chi connectivity index (χ0) is 12.4. The highest BCUT2D eigenvalue weighted by atomic mass is 16.6. The first-order valence-corrected chi connectivity index (χ1v) is 5.37. The minimum Gasteiger partial charge on any atom is -0.391 e. The zero-order valence-corrected chi connectivity index (χ0v) is 9.05. The monoisotopic (exact) mass is 239 g/mol. The van der Waals surface area contributed by atoms with E-state index in [-0.39, 0.29) is 24.0 Å². The number of aliphatic hydroxyl groups is 1. The highest BCUT2D eigenvalue weighted by Crippen LogP contribution is 2.32. The maximum Gasteiger partial charge on any atom is 0.321 e. The van der Waals surface area contributed by atoms with Gasteiger partial charge in [0.15, 0.2) is 5.69 Å². The largest absolute Gasteiger partial charge is 0.391 e. The molecule has 1 atom stereocenters. The molecule has 1 heterocycles. The van der Waals surface area contributed by atoms with Gasteiger partial charge in [0.05, 0.1) is 6.10 Å². The number of carbonyl (C=O) groups excluding carboxylic acids is 1. The van der Waals surface area contributed by atoms with Gasteiger partial charge in [0.2, 0.25) is 0 Å². The van der Waals surface area contributed by atoms with Gasteiger partial charge in [-0.3, -0.25) is 4.79 Å². The van der Waals surface area contributed by atoms with Crippen LogP contribution in [0.2, 0.25) is 0 Å². The Morgan fingerprint density at radius 3 is 2.88 bits per heavy atom. The number of hydrogen-bond acceptors (Lipinski definition) is 4. The first kappa shape index (κ1) is 11.6. The van der Waals surface area contributed by atoms with Crippen molar-refractivity contribution in [1.82, 2.24) is 10.3 Å². The molecule has 2 rings (SSSR count). The third-order valence-corrected chi connectivity index (χ3v) is 2.75. The van der Waals surface area contributed by atoms with Gasteiger partial charge < -0.3 is 20.5 Å². The van der Waals surface area contributed by atoms with E-state index in [1.54, 1.807) is 0 Å². The number of aromatic nitrogens is 1. The molecule has 0 bridgehead atoms. The molecule has 3 N–H and O–H groups in total. The second kappa shape index (κ2) is 4.54. The van der Waals surface area contributed by atoms with Crippen molar-refractivity contribution in [2.45, 2.75) is 18.9 Å². The molecular weight excluding hydrogens is 226 g/mol. The number of carbonyl (C=O) groups is 1. The van der Waals surface area contributed by atoms with Gasteiger partial charge in [-0.05, 0) is 29.7 Å². The van der Waals surface area contributed by atoms with Crippen molar-refractivity contribution in [1.29, 1.82) is 0 Å². The standard InChI is InChI=1S/C10H13N3O4/c14-8(6-1-2-6)5-11-10(15)7-3-4-9(12-7)13(16)17/h3-4,6,8,12,14H,1-2,5H2,(H,11,15). The lowest BCUT2D eigenvalue weighted by atomic mass is 10.2. The van der Waals surface area contributed by atoms with Crippen LogP contribution in [0.15, 0.2) is 12.1 Å². The van der Waals surface area contributed by atoms with Crippen molar-refractivity contribution in [3.05, 3.63) is 27.9 Å². The van der Waals surface area contributed by atoms with Crippen LogP contribution in [-0.2, 0) is 0 Å². The van der Waals surface area contributed by atoms with E-state index in [1.165, 1.54) is 12.1 Å². The van der Waals surface area contributed by atoms with Gasteiger partial charge in [-0.15, -0.1) is 0 Å². The molecule has 0 saturated heterocycles. The van der Waals surface area contributed by atoms with E-state index in [4.69, 9.17) is 0 Å². The lowest BCUT2D eigenvalue weighted by Gasteiger charge is -2.08. The van der Waals surface area contributed by atoms with Crippen molar-refractivity contribution in [2.24, 2.45) is 5.92 Å². The van der Waals surface area contributed by atoms with Crippen molar-refractivity contribution in [3.63, 3.8) is 0 Å². The van der Waals surface area contributed by atoms with Crippen LogP contribution in [0.1, 0.15) is 23.3 Å². The third-order valence-electron chi connectivity index (χ3n) is 2.75. The van der Waals surface area contributed by atoms with E-state index < -0.39 is 16.9 Å². The van der Waals surface area contributed by atoms with Crippen LogP contribution in [-0.4, -0.2) is 33.6 Å². The molecule has 1 fully saturated rings. The van der Waals surface area contributed by atoms with Crippen LogP contribution in [0.25, 0.3) is 0 Å². The number of nitrogens with one attached hydrogen (secondary N) is 2. The number of nitro groups is 1. The number of hydrogen-bond donors (Lipinski definition) is 3. The summed E-state index contributed by atoms with van der Waals surface area (Å²) >= 11 is 0. The summed E-state index contributed by atoms with van der Waals surface area (Å²) in [6.07, 6.45) is 1.46. The fraction of sp³-hybridized carbons (Fsp3) is 0.500. The van der Waals surface area contributed by atoms with Gasteiger partial charge in [-0.1, -0.05) is 0 Å². The van der Waals surface area contributed by atoms with Crippen LogP contribution in [0.5, 0.6) is 0 Å². The van der Waals surface area contributed by atoms with Crippen LogP contribution >= 0.6 is 0 Å². The predicted molar refractivity (Wildman–Crippen MR) is 58.5 cm³/mol. The highest BCUT2D eigenvalue weighted by molar-refractivity contribution is 5.92. The molecular formula is C10H13N3O4. The molecule has 1 aliphatic rings. The van der Waals surface area contributed by atoms with Gasteiger partial charge in [0, 0.05) is 12.6 Å². The maximum absolute atomic E-state index is 11.6. The average Bonchev–Trinajstić information content (AvgIpc) is 3.02. The molecule has 1 saturated carbocycles. The first-order chi connectivity index (χ1) is 8.08. The second-order valence-electron chi connectivity index (χ2n) is 4.13. The summed E-state index contributed by atoms with van der Waals surface area (Å²) in [7, 11) is 0. The molecule has 1 aromatic heterocycles. The number of amides is 1. The fourth-order valence-electron chi connectivity index (χ4n) is 1.56. The summed E-state index contributed by atoms with van der Waals surface area (Å²) in [5, 5.41) is 22.5. The molecule has 0 radical (unpaired) electrons. The minimum atomic E-state index is -0.601. The molecule has 92 valence electrons. The van der Waals surface area contributed by atoms with E-state index in [9.17, 15) is 20.0 Å². The third kappa shape index (κ3) is 2.82. The van der Waals surface area contributed by atoms with E-state index in [2.05, 4.69) is 10.3 Å². The number of nitrogens with zero attached hydrogens (tertiary/aromatic N) is 1. The molecule has 1 aromatic rings.